The Morgan fingerprint density at radius 2 is 1.90 bits per heavy atom. The number of halogens is 3. The molecule has 1 aromatic carbocycles. The summed E-state index contributed by atoms with van der Waals surface area (Å²) in [5.74, 6) is -0.353. The lowest BCUT2D eigenvalue weighted by Crippen LogP contribution is -2.44. The number of fused-ring (bicyclic) bond motifs is 1. The number of benzene rings is 1. The third kappa shape index (κ3) is 3.61. The molecule has 1 N–H and O–H groups in total. The lowest BCUT2D eigenvalue weighted by atomic mass is 10.1. The van der Waals surface area contributed by atoms with Gasteiger partial charge in [0.1, 0.15) is 5.69 Å². The highest BCUT2D eigenvalue weighted by molar-refractivity contribution is 6.12. The van der Waals surface area contributed by atoms with Crippen molar-refractivity contribution in [2.45, 2.75) is 44.9 Å². The SMILES string of the molecule is CC(NC(=O)c1cnn2c1C(=O)N(c1ccc(C(F)(F)F)cc1)C[C@@H]2C)C1CC1. The Kier molecular flexibility index (Phi) is 4.63. The van der Waals surface area contributed by atoms with Crippen molar-refractivity contribution >= 4 is 17.5 Å². The highest BCUT2D eigenvalue weighted by Gasteiger charge is 2.37. The Morgan fingerprint density at radius 1 is 1.24 bits per heavy atom. The van der Waals surface area contributed by atoms with Gasteiger partial charge in [0.2, 0.25) is 0 Å². The molecule has 2 amide bonds. The fraction of sp³-hybridized carbons (Fsp3) is 0.450. The Balaban J connectivity index is 1.62. The van der Waals surface area contributed by atoms with E-state index in [2.05, 4.69) is 10.4 Å². The van der Waals surface area contributed by atoms with Gasteiger partial charge in [-0.05, 0) is 56.9 Å². The van der Waals surface area contributed by atoms with Gasteiger partial charge in [-0.1, -0.05) is 0 Å². The second-order valence-corrected chi connectivity index (χ2v) is 7.76. The number of carbonyl (C=O) groups is 2. The van der Waals surface area contributed by atoms with E-state index < -0.39 is 17.6 Å². The first-order valence-corrected chi connectivity index (χ1v) is 9.54. The standard InChI is InChI=1S/C20H21F3N4O2/c1-11-10-26(15-7-5-14(6-8-15)20(21,22)23)19(29)17-16(9-24-27(11)17)18(28)25-12(2)13-3-4-13/h5-9,11-13H,3-4,10H2,1-2H3,(H,25,28)/t11-,12?/m0/s1. The van der Waals surface area contributed by atoms with E-state index in [0.29, 0.717) is 11.6 Å². The molecular weight excluding hydrogens is 385 g/mol. The third-order valence-electron chi connectivity index (χ3n) is 5.55. The second kappa shape index (κ2) is 6.89. The van der Waals surface area contributed by atoms with E-state index in [1.807, 2.05) is 13.8 Å². The number of rotatable bonds is 4. The molecule has 1 fully saturated rings. The number of carbonyl (C=O) groups excluding carboxylic acids is 2. The van der Waals surface area contributed by atoms with Crippen LogP contribution < -0.4 is 10.2 Å². The molecule has 2 aliphatic rings. The van der Waals surface area contributed by atoms with Gasteiger partial charge < -0.3 is 10.2 Å². The van der Waals surface area contributed by atoms with Crippen molar-refractivity contribution in [1.29, 1.82) is 0 Å². The van der Waals surface area contributed by atoms with E-state index in [4.69, 9.17) is 0 Å². The number of aromatic nitrogens is 2. The molecule has 0 spiro atoms. The number of hydrogen-bond donors (Lipinski definition) is 1. The zero-order chi connectivity index (χ0) is 20.9. The molecule has 29 heavy (non-hydrogen) atoms. The van der Waals surface area contributed by atoms with Gasteiger partial charge in [0.25, 0.3) is 11.8 Å². The van der Waals surface area contributed by atoms with Crippen LogP contribution >= 0.6 is 0 Å². The van der Waals surface area contributed by atoms with Gasteiger partial charge in [-0.2, -0.15) is 18.3 Å². The molecule has 0 saturated heterocycles. The molecule has 9 heteroatoms. The van der Waals surface area contributed by atoms with Crippen LogP contribution in [0.3, 0.4) is 0 Å². The molecular formula is C20H21F3N4O2. The first-order valence-electron chi connectivity index (χ1n) is 9.54. The highest BCUT2D eigenvalue weighted by Crippen LogP contribution is 2.34. The number of hydrogen-bond acceptors (Lipinski definition) is 3. The molecule has 1 aromatic heterocycles. The van der Waals surface area contributed by atoms with Crippen LogP contribution in [-0.2, 0) is 6.18 Å². The third-order valence-corrected chi connectivity index (χ3v) is 5.55. The fourth-order valence-electron chi connectivity index (χ4n) is 3.68. The van der Waals surface area contributed by atoms with Crippen LogP contribution in [0.2, 0.25) is 0 Å². The minimum absolute atomic E-state index is 0.0141. The number of amides is 2. The van der Waals surface area contributed by atoms with Gasteiger partial charge in [0.05, 0.1) is 23.4 Å². The van der Waals surface area contributed by atoms with Crippen molar-refractivity contribution in [3.05, 3.63) is 47.3 Å². The zero-order valence-corrected chi connectivity index (χ0v) is 16.0. The molecule has 1 unspecified atom stereocenters. The first-order chi connectivity index (χ1) is 13.7. The van der Waals surface area contributed by atoms with Crippen molar-refractivity contribution in [2.24, 2.45) is 5.92 Å². The van der Waals surface area contributed by atoms with E-state index in [9.17, 15) is 22.8 Å². The molecule has 0 bridgehead atoms. The fourth-order valence-corrected chi connectivity index (χ4v) is 3.68. The minimum atomic E-state index is -4.44. The van der Waals surface area contributed by atoms with E-state index in [1.165, 1.54) is 27.9 Å². The van der Waals surface area contributed by atoms with Crippen LogP contribution in [0.1, 0.15) is 59.1 Å². The Bertz CT molecular complexity index is 948. The van der Waals surface area contributed by atoms with Crippen LogP contribution in [0.15, 0.2) is 30.5 Å². The Morgan fingerprint density at radius 3 is 2.48 bits per heavy atom. The van der Waals surface area contributed by atoms with Crippen molar-refractivity contribution in [2.75, 3.05) is 11.4 Å². The van der Waals surface area contributed by atoms with Crippen LogP contribution in [0.25, 0.3) is 0 Å². The summed E-state index contributed by atoms with van der Waals surface area (Å²) in [5.41, 5.74) is -0.0898. The molecule has 2 atom stereocenters. The van der Waals surface area contributed by atoms with Gasteiger partial charge in [0, 0.05) is 18.3 Å². The van der Waals surface area contributed by atoms with Gasteiger partial charge in [-0.3, -0.25) is 14.3 Å². The predicted octanol–water partition coefficient (Wildman–Crippen LogP) is 3.65. The maximum Gasteiger partial charge on any atom is 0.416 e. The predicted molar refractivity (Wildman–Crippen MR) is 99.7 cm³/mol. The van der Waals surface area contributed by atoms with Crippen molar-refractivity contribution in [1.82, 2.24) is 15.1 Å². The van der Waals surface area contributed by atoms with E-state index in [0.717, 1.165) is 25.0 Å². The molecule has 4 rings (SSSR count). The van der Waals surface area contributed by atoms with E-state index in [1.54, 1.807) is 0 Å². The maximum atomic E-state index is 13.1. The normalized spacial score (nSPS) is 20.4. The monoisotopic (exact) mass is 406 g/mol. The average Bonchev–Trinajstić information content (AvgIpc) is 3.42. The number of nitrogens with one attached hydrogen (secondary N) is 1. The van der Waals surface area contributed by atoms with E-state index in [-0.39, 0.29) is 35.8 Å². The van der Waals surface area contributed by atoms with Gasteiger partial charge in [0.15, 0.2) is 0 Å². The molecule has 1 aliphatic heterocycles. The van der Waals surface area contributed by atoms with Crippen LogP contribution in [-0.4, -0.2) is 34.2 Å². The topological polar surface area (TPSA) is 67.2 Å². The molecule has 1 saturated carbocycles. The van der Waals surface area contributed by atoms with Crippen molar-refractivity contribution in [3.63, 3.8) is 0 Å². The summed E-state index contributed by atoms with van der Waals surface area (Å²) in [4.78, 5) is 27.2. The summed E-state index contributed by atoms with van der Waals surface area (Å²) in [6.45, 7) is 4.03. The van der Waals surface area contributed by atoms with Crippen LogP contribution in [0.5, 0.6) is 0 Å². The molecule has 2 aromatic rings. The number of anilines is 1. The molecule has 2 heterocycles. The highest BCUT2D eigenvalue weighted by atomic mass is 19.4. The smallest absolute Gasteiger partial charge is 0.349 e. The number of alkyl halides is 3. The Hall–Kier alpha value is -2.84. The van der Waals surface area contributed by atoms with E-state index >= 15 is 0 Å². The summed E-state index contributed by atoms with van der Waals surface area (Å²) in [5, 5.41) is 7.13. The molecule has 0 radical (unpaired) electrons. The maximum absolute atomic E-state index is 13.1. The van der Waals surface area contributed by atoms with Crippen LogP contribution in [0.4, 0.5) is 18.9 Å². The summed E-state index contributed by atoms with van der Waals surface area (Å²) in [6, 6.07) is 4.23. The van der Waals surface area contributed by atoms with Gasteiger partial charge in [-0.15, -0.1) is 0 Å². The zero-order valence-electron chi connectivity index (χ0n) is 16.0. The largest absolute Gasteiger partial charge is 0.416 e. The van der Waals surface area contributed by atoms with Crippen LogP contribution in [0, 0.1) is 5.92 Å². The lowest BCUT2D eigenvalue weighted by molar-refractivity contribution is -0.137. The Labute approximate surface area is 165 Å². The molecule has 1 aliphatic carbocycles. The minimum Gasteiger partial charge on any atom is -0.349 e. The summed E-state index contributed by atoms with van der Waals surface area (Å²) < 4.78 is 40.0. The van der Waals surface area contributed by atoms with Gasteiger partial charge in [-0.25, -0.2) is 0 Å². The summed E-state index contributed by atoms with van der Waals surface area (Å²) >= 11 is 0. The van der Waals surface area contributed by atoms with Crippen molar-refractivity contribution in [3.8, 4) is 0 Å². The molecule has 154 valence electrons. The van der Waals surface area contributed by atoms with Crippen molar-refractivity contribution < 1.29 is 22.8 Å². The number of nitrogens with zero attached hydrogens (tertiary/aromatic N) is 3. The quantitative estimate of drug-likeness (QED) is 0.843. The summed E-state index contributed by atoms with van der Waals surface area (Å²) in [7, 11) is 0. The lowest BCUT2D eigenvalue weighted by Gasteiger charge is -2.32. The second-order valence-electron chi connectivity index (χ2n) is 7.76. The first kappa shape index (κ1) is 19.5. The molecule has 6 nitrogen and oxygen atoms in total. The average molecular weight is 406 g/mol. The van der Waals surface area contributed by atoms with Gasteiger partial charge >= 0.3 is 6.18 Å². The summed E-state index contributed by atoms with van der Waals surface area (Å²) in [6.07, 6.45) is -0.911.